The predicted molar refractivity (Wildman–Crippen MR) is 128 cm³/mol. The topological polar surface area (TPSA) is 104 Å². The molecule has 0 radical (unpaired) electrons. The molecule has 0 spiro atoms. The van der Waals surface area contributed by atoms with Gasteiger partial charge >= 0.3 is 5.69 Å². The number of hydrogen-bond donors (Lipinski definition) is 1. The molecule has 3 rings (SSSR count). The fraction of sp³-hybridized carbons (Fsp3) is 0.545. The third-order valence-electron chi connectivity index (χ3n) is 5.79. The number of pyridine rings is 1. The van der Waals surface area contributed by atoms with E-state index >= 15 is 0 Å². The first kappa shape index (κ1) is 24.0. The Morgan fingerprint density at radius 2 is 1.81 bits per heavy atom. The first-order chi connectivity index (χ1) is 15.1. The highest BCUT2D eigenvalue weighted by atomic mass is 35.5. The second-order valence-electron chi connectivity index (χ2n) is 8.54. The lowest BCUT2D eigenvalue weighted by Gasteiger charge is -2.30. The molecule has 3 heterocycles. The zero-order chi connectivity index (χ0) is 23.7. The van der Waals surface area contributed by atoms with Crippen LogP contribution in [0.25, 0.3) is 11.2 Å². The highest BCUT2D eigenvalue weighted by Crippen LogP contribution is 2.26. The Bertz CT molecular complexity index is 1180. The monoisotopic (exact) mass is 461 g/mol. The molecule has 0 atom stereocenters. The molecule has 10 heteroatoms. The maximum atomic E-state index is 13.5. The van der Waals surface area contributed by atoms with Crippen LogP contribution in [0, 0.1) is 13.8 Å². The summed E-state index contributed by atoms with van der Waals surface area (Å²) in [4.78, 5) is 28.8. The number of fused-ring (bicyclic) bond motifs is 1. The average molecular weight is 462 g/mol. The second kappa shape index (κ2) is 9.46. The SMILES string of the molecule is COc1c(C)cnc(Cn2c(=O)n(CCN(C(C)C)C(C)C)c3c(Cl)nc(N)nc32)c1C. The van der Waals surface area contributed by atoms with E-state index in [9.17, 15) is 4.79 Å². The van der Waals surface area contributed by atoms with E-state index in [1.165, 1.54) is 0 Å². The number of ether oxygens (including phenoxy) is 1. The number of imidazole rings is 1. The van der Waals surface area contributed by atoms with Crippen molar-refractivity contribution < 1.29 is 4.74 Å². The summed E-state index contributed by atoms with van der Waals surface area (Å²) in [6.07, 6.45) is 1.74. The third-order valence-corrected chi connectivity index (χ3v) is 6.06. The lowest BCUT2D eigenvalue weighted by atomic mass is 10.1. The van der Waals surface area contributed by atoms with Crippen molar-refractivity contribution in [3.05, 3.63) is 38.7 Å². The first-order valence-electron chi connectivity index (χ1n) is 10.7. The molecule has 0 bridgehead atoms. The van der Waals surface area contributed by atoms with Crippen molar-refractivity contribution >= 4 is 28.7 Å². The van der Waals surface area contributed by atoms with Crippen LogP contribution in [0.5, 0.6) is 5.75 Å². The highest BCUT2D eigenvalue weighted by Gasteiger charge is 2.22. The molecule has 3 aromatic rings. The summed E-state index contributed by atoms with van der Waals surface area (Å²) < 4.78 is 8.71. The molecule has 0 aliphatic heterocycles. The summed E-state index contributed by atoms with van der Waals surface area (Å²) in [5.41, 5.74) is 9.04. The van der Waals surface area contributed by atoms with Gasteiger partial charge in [0.2, 0.25) is 5.95 Å². The van der Waals surface area contributed by atoms with Crippen LogP contribution in [0.2, 0.25) is 5.15 Å². The minimum absolute atomic E-state index is 0.0190. The highest BCUT2D eigenvalue weighted by molar-refractivity contribution is 6.33. The number of hydrogen-bond acceptors (Lipinski definition) is 7. The average Bonchev–Trinajstić information content (AvgIpc) is 2.95. The third kappa shape index (κ3) is 4.45. The van der Waals surface area contributed by atoms with Crippen molar-refractivity contribution in [2.45, 2.75) is 66.7 Å². The van der Waals surface area contributed by atoms with Crippen molar-refractivity contribution in [2.24, 2.45) is 0 Å². The molecule has 0 amide bonds. The van der Waals surface area contributed by atoms with E-state index in [2.05, 4.69) is 47.5 Å². The number of aromatic nitrogens is 5. The molecule has 32 heavy (non-hydrogen) atoms. The first-order valence-corrected chi connectivity index (χ1v) is 11.1. The van der Waals surface area contributed by atoms with Gasteiger partial charge in [0.1, 0.15) is 11.3 Å². The van der Waals surface area contributed by atoms with E-state index < -0.39 is 0 Å². The molecule has 0 saturated heterocycles. The van der Waals surface area contributed by atoms with E-state index in [0.717, 1.165) is 16.9 Å². The van der Waals surface area contributed by atoms with Gasteiger partial charge in [0, 0.05) is 42.5 Å². The van der Waals surface area contributed by atoms with Gasteiger partial charge in [-0.25, -0.2) is 4.79 Å². The van der Waals surface area contributed by atoms with E-state index in [-0.39, 0.29) is 23.3 Å². The fourth-order valence-electron chi connectivity index (χ4n) is 4.24. The van der Waals surface area contributed by atoms with Crippen molar-refractivity contribution in [1.82, 2.24) is 29.0 Å². The number of methoxy groups -OCH3 is 1. The van der Waals surface area contributed by atoms with Crippen LogP contribution in [0.1, 0.15) is 44.5 Å². The van der Waals surface area contributed by atoms with Crippen molar-refractivity contribution in [1.29, 1.82) is 0 Å². The van der Waals surface area contributed by atoms with Crippen LogP contribution in [-0.4, -0.2) is 54.7 Å². The van der Waals surface area contributed by atoms with E-state index in [0.29, 0.717) is 42.0 Å². The van der Waals surface area contributed by atoms with E-state index in [1.54, 1.807) is 22.4 Å². The minimum atomic E-state index is -0.227. The van der Waals surface area contributed by atoms with Crippen LogP contribution in [0.15, 0.2) is 11.0 Å². The standard InChI is InChI=1S/C22H32ClN7O2/c1-12(2)28(13(3)4)8-9-29-17-19(23)26-21(24)27-20(17)30(22(29)31)11-16-15(6)18(32-7)14(5)10-25-16/h10,12-13H,8-9,11H2,1-7H3,(H2,24,26,27). The molecule has 0 aromatic carbocycles. The Morgan fingerprint density at radius 3 is 2.41 bits per heavy atom. The summed E-state index contributed by atoms with van der Waals surface area (Å²) in [6, 6.07) is 0.682. The number of halogens is 1. The maximum absolute atomic E-state index is 13.5. The van der Waals surface area contributed by atoms with Crippen LogP contribution >= 0.6 is 11.6 Å². The Kier molecular flexibility index (Phi) is 7.09. The molecule has 0 aliphatic rings. The van der Waals surface area contributed by atoms with Crippen molar-refractivity contribution in [3.63, 3.8) is 0 Å². The minimum Gasteiger partial charge on any atom is -0.496 e. The molecule has 0 aliphatic carbocycles. The van der Waals surface area contributed by atoms with Gasteiger partial charge in [-0.3, -0.25) is 19.0 Å². The summed E-state index contributed by atoms with van der Waals surface area (Å²) in [5.74, 6) is 0.772. The molecule has 0 unspecified atom stereocenters. The maximum Gasteiger partial charge on any atom is 0.330 e. The molecule has 9 nitrogen and oxygen atoms in total. The Morgan fingerprint density at radius 1 is 1.16 bits per heavy atom. The number of aryl methyl sites for hydroxylation is 1. The van der Waals surface area contributed by atoms with E-state index in [1.807, 2.05) is 13.8 Å². The molecule has 174 valence electrons. The molecular weight excluding hydrogens is 430 g/mol. The normalized spacial score (nSPS) is 12.0. The van der Waals surface area contributed by atoms with Crippen LogP contribution in [0.4, 0.5) is 5.95 Å². The van der Waals surface area contributed by atoms with Gasteiger partial charge in [-0.05, 0) is 41.5 Å². The Hall–Kier alpha value is -2.65. The number of nitrogens with two attached hydrogens (primary N) is 1. The summed E-state index contributed by atoms with van der Waals surface area (Å²) in [7, 11) is 1.63. The zero-order valence-corrected chi connectivity index (χ0v) is 20.6. The van der Waals surface area contributed by atoms with Gasteiger partial charge in [-0.15, -0.1) is 0 Å². The largest absolute Gasteiger partial charge is 0.496 e. The van der Waals surface area contributed by atoms with Crippen molar-refractivity contribution in [3.8, 4) is 5.75 Å². The Labute approximate surface area is 193 Å². The van der Waals surface area contributed by atoms with Gasteiger partial charge < -0.3 is 10.5 Å². The summed E-state index contributed by atoms with van der Waals surface area (Å²) in [6.45, 7) is 13.8. The lowest BCUT2D eigenvalue weighted by molar-refractivity contribution is 0.168. The summed E-state index contributed by atoms with van der Waals surface area (Å²) >= 11 is 6.44. The van der Waals surface area contributed by atoms with Gasteiger partial charge in [0.25, 0.3) is 0 Å². The Balaban J connectivity index is 2.12. The molecule has 2 N–H and O–H groups in total. The van der Waals surface area contributed by atoms with Crippen LogP contribution in [0.3, 0.4) is 0 Å². The zero-order valence-electron chi connectivity index (χ0n) is 19.8. The van der Waals surface area contributed by atoms with Gasteiger partial charge in [-0.2, -0.15) is 9.97 Å². The number of rotatable bonds is 8. The summed E-state index contributed by atoms with van der Waals surface area (Å²) in [5, 5.41) is 0.162. The van der Waals surface area contributed by atoms with Gasteiger partial charge in [0.05, 0.1) is 19.3 Å². The molecule has 3 aromatic heterocycles. The number of anilines is 1. The molecule has 0 fully saturated rings. The number of nitrogens with zero attached hydrogens (tertiary/aromatic N) is 6. The quantitative estimate of drug-likeness (QED) is 0.514. The fourth-order valence-corrected chi connectivity index (χ4v) is 4.52. The van der Waals surface area contributed by atoms with E-state index in [4.69, 9.17) is 22.1 Å². The molecule has 0 saturated carbocycles. The van der Waals surface area contributed by atoms with Crippen LogP contribution < -0.4 is 16.2 Å². The van der Waals surface area contributed by atoms with Gasteiger partial charge in [0.15, 0.2) is 10.8 Å². The van der Waals surface area contributed by atoms with Crippen molar-refractivity contribution in [2.75, 3.05) is 19.4 Å². The smallest absolute Gasteiger partial charge is 0.330 e. The predicted octanol–water partition coefficient (Wildman–Crippen LogP) is 3.02. The molecular formula is C22H32ClN7O2. The number of nitrogen functional groups attached to an aromatic ring is 1. The van der Waals surface area contributed by atoms with Gasteiger partial charge in [-0.1, -0.05) is 11.6 Å². The second-order valence-corrected chi connectivity index (χ2v) is 8.89. The lowest BCUT2D eigenvalue weighted by Crippen LogP contribution is -2.40. The van der Waals surface area contributed by atoms with Crippen LogP contribution in [-0.2, 0) is 13.1 Å².